The van der Waals surface area contributed by atoms with Crippen molar-refractivity contribution in [3.05, 3.63) is 69.0 Å². The lowest BCUT2D eigenvalue weighted by Gasteiger charge is -2.12. The number of thioether (sulfide) groups is 1. The molecule has 0 aliphatic rings. The summed E-state index contributed by atoms with van der Waals surface area (Å²) < 4.78 is 6.83. The Kier molecular flexibility index (Phi) is 6.18. The number of nitrogens with zero attached hydrogens (tertiary/aromatic N) is 2. The molecule has 9 heteroatoms. The second kappa shape index (κ2) is 8.78. The van der Waals surface area contributed by atoms with Gasteiger partial charge in [0.25, 0.3) is 11.2 Å². The molecular weight excluding hydrogens is 394 g/mol. The van der Waals surface area contributed by atoms with E-state index in [9.17, 15) is 19.7 Å². The van der Waals surface area contributed by atoms with Gasteiger partial charge in [-0.2, -0.15) is 0 Å². The molecule has 1 heterocycles. The first-order valence-corrected chi connectivity index (χ1v) is 9.80. The van der Waals surface area contributed by atoms with E-state index < -0.39 is 4.92 Å². The SMILES string of the molecule is CCn1c(=O)cc(SCC(=O)Nc2cc([N+](=O)[O-])ccc2OC)c2ccccc21. The summed E-state index contributed by atoms with van der Waals surface area (Å²) in [4.78, 5) is 35.9. The summed E-state index contributed by atoms with van der Waals surface area (Å²) in [5, 5.41) is 14.5. The molecule has 0 saturated heterocycles. The number of hydrogen-bond donors (Lipinski definition) is 1. The van der Waals surface area contributed by atoms with Crippen LogP contribution in [0.15, 0.2) is 58.2 Å². The Balaban J connectivity index is 1.81. The van der Waals surface area contributed by atoms with Gasteiger partial charge in [-0.25, -0.2) is 0 Å². The molecular formula is C20H19N3O5S. The molecule has 8 nitrogen and oxygen atoms in total. The molecule has 150 valence electrons. The Hall–Kier alpha value is -3.33. The van der Waals surface area contributed by atoms with Crippen LogP contribution < -0.4 is 15.6 Å². The van der Waals surface area contributed by atoms with E-state index in [0.717, 1.165) is 10.9 Å². The number of nitrogens with one attached hydrogen (secondary N) is 1. The standard InChI is InChI=1S/C20H19N3O5S/c1-3-22-16-7-5-4-6-14(16)18(11-20(22)25)29-12-19(24)21-15-10-13(23(26)27)8-9-17(15)28-2/h4-11H,3,12H2,1-2H3,(H,21,24). The third-order valence-electron chi connectivity index (χ3n) is 4.32. The minimum atomic E-state index is -0.543. The van der Waals surface area contributed by atoms with Crippen LogP contribution in [0.25, 0.3) is 10.9 Å². The number of amides is 1. The van der Waals surface area contributed by atoms with E-state index >= 15 is 0 Å². The van der Waals surface area contributed by atoms with Crippen LogP contribution in [0.2, 0.25) is 0 Å². The number of aromatic nitrogens is 1. The van der Waals surface area contributed by atoms with Gasteiger partial charge in [-0.15, -0.1) is 11.8 Å². The Morgan fingerprint density at radius 3 is 2.69 bits per heavy atom. The maximum absolute atomic E-state index is 12.4. The van der Waals surface area contributed by atoms with Crippen LogP contribution >= 0.6 is 11.8 Å². The number of anilines is 1. The number of rotatable bonds is 7. The summed E-state index contributed by atoms with van der Waals surface area (Å²) in [5.41, 5.74) is 0.752. The molecule has 1 aromatic heterocycles. The summed E-state index contributed by atoms with van der Waals surface area (Å²) in [6.45, 7) is 2.46. The molecule has 3 aromatic rings. The number of aryl methyl sites for hydroxylation is 1. The van der Waals surface area contributed by atoms with Gasteiger partial charge in [0, 0.05) is 35.0 Å². The minimum absolute atomic E-state index is 0.0332. The first-order chi connectivity index (χ1) is 13.9. The molecule has 1 amide bonds. The van der Waals surface area contributed by atoms with Gasteiger partial charge in [0.2, 0.25) is 5.91 Å². The van der Waals surface area contributed by atoms with Gasteiger partial charge in [0.1, 0.15) is 5.75 Å². The third kappa shape index (κ3) is 4.40. The van der Waals surface area contributed by atoms with Gasteiger partial charge in [-0.3, -0.25) is 19.7 Å². The van der Waals surface area contributed by atoms with Crippen molar-refractivity contribution in [3.8, 4) is 5.75 Å². The predicted molar refractivity (Wildman–Crippen MR) is 113 cm³/mol. The quantitative estimate of drug-likeness (QED) is 0.360. The zero-order valence-corrected chi connectivity index (χ0v) is 16.7. The van der Waals surface area contributed by atoms with E-state index in [0.29, 0.717) is 17.2 Å². The van der Waals surface area contributed by atoms with E-state index in [1.807, 2.05) is 31.2 Å². The fraction of sp³-hybridized carbons (Fsp3) is 0.200. The number of carbonyl (C=O) groups is 1. The first-order valence-electron chi connectivity index (χ1n) is 8.82. The van der Waals surface area contributed by atoms with Gasteiger partial charge < -0.3 is 14.6 Å². The number of carbonyl (C=O) groups excluding carboxylic acids is 1. The van der Waals surface area contributed by atoms with E-state index in [2.05, 4.69) is 5.32 Å². The van der Waals surface area contributed by atoms with E-state index in [4.69, 9.17) is 4.74 Å². The Morgan fingerprint density at radius 1 is 1.24 bits per heavy atom. The number of fused-ring (bicyclic) bond motifs is 1. The average molecular weight is 413 g/mol. The number of methoxy groups -OCH3 is 1. The summed E-state index contributed by atoms with van der Waals surface area (Å²) in [7, 11) is 1.42. The minimum Gasteiger partial charge on any atom is -0.495 e. The molecule has 0 radical (unpaired) electrons. The Bertz CT molecular complexity index is 1140. The molecule has 0 aliphatic heterocycles. The largest absolute Gasteiger partial charge is 0.495 e. The first kappa shape index (κ1) is 20.4. The summed E-state index contributed by atoms with van der Waals surface area (Å²) >= 11 is 1.23. The van der Waals surface area contributed by atoms with Crippen LogP contribution in [0.1, 0.15) is 6.92 Å². The summed E-state index contributed by atoms with van der Waals surface area (Å²) in [6, 6.07) is 13.0. The molecule has 0 aliphatic carbocycles. The molecule has 3 rings (SSSR count). The van der Waals surface area contributed by atoms with Crippen molar-refractivity contribution < 1.29 is 14.5 Å². The number of non-ortho nitro benzene ring substituents is 1. The van der Waals surface area contributed by atoms with E-state index in [1.54, 1.807) is 4.57 Å². The zero-order valence-electron chi connectivity index (χ0n) is 15.9. The number of pyridine rings is 1. The van der Waals surface area contributed by atoms with Crippen molar-refractivity contribution in [2.45, 2.75) is 18.4 Å². The molecule has 0 atom stereocenters. The molecule has 29 heavy (non-hydrogen) atoms. The normalized spacial score (nSPS) is 10.7. The highest BCUT2D eigenvalue weighted by Gasteiger charge is 2.15. The van der Waals surface area contributed by atoms with Crippen molar-refractivity contribution in [1.29, 1.82) is 0 Å². The Labute approximate surface area is 170 Å². The molecule has 1 N–H and O–H groups in total. The monoisotopic (exact) mass is 413 g/mol. The second-order valence-electron chi connectivity index (χ2n) is 6.09. The van der Waals surface area contributed by atoms with Gasteiger partial charge in [0.15, 0.2) is 0 Å². The van der Waals surface area contributed by atoms with Crippen molar-refractivity contribution >= 4 is 39.9 Å². The average Bonchev–Trinajstić information content (AvgIpc) is 2.72. The van der Waals surface area contributed by atoms with Crippen molar-refractivity contribution in [3.63, 3.8) is 0 Å². The highest BCUT2D eigenvalue weighted by Crippen LogP contribution is 2.30. The van der Waals surface area contributed by atoms with Gasteiger partial charge in [-0.1, -0.05) is 18.2 Å². The van der Waals surface area contributed by atoms with Crippen LogP contribution in [0, 0.1) is 10.1 Å². The highest BCUT2D eigenvalue weighted by molar-refractivity contribution is 8.00. The van der Waals surface area contributed by atoms with Crippen molar-refractivity contribution in [2.24, 2.45) is 0 Å². The Morgan fingerprint density at radius 2 is 2.00 bits per heavy atom. The van der Waals surface area contributed by atoms with Crippen LogP contribution in [0.5, 0.6) is 5.75 Å². The molecule has 0 saturated carbocycles. The van der Waals surface area contributed by atoms with E-state index in [-0.39, 0.29) is 28.6 Å². The molecule has 0 unspecified atom stereocenters. The number of nitro benzene ring substituents is 1. The van der Waals surface area contributed by atoms with Crippen LogP contribution in [-0.4, -0.2) is 28.3 Å². The number of hydrogen-bond acceptors (Lipinski definition) is 6. The van der Waals surface area contributed by atoms with E-state index in [1.165, 1.54) is 43.1 Å². The van der Waals surface area contributed by atoms with Crippen LogP contribution in [-0.2, 0) is 11.3 Å². The fourth-order valence-electron chi connectivity index (χ4n) is 2.99. The summed E-state index contributed by atoms with van der Waals surface area (Å²) in [6.07, 6.45) is 0. The molecule has 0 bridgehead atoms. The fourth-order valence-corrected chi connectivity index (χ4v) is 3.86. The number of nitro groups is 1. The molecule has 0 spiro atoms. The predicted octanol–water partition coefficient (Wildman–Crippen LogP) is 3.67. The van der Waals surface area contributed by atoms with Crippen LogP contribution in [0.3, 0.4) is 0 Å². The van der Waals surface area contributed by atoms with Crippen LogP contribution in [0.4, 0.5) is 11.4 Å². The van der Waals surface area contributed by atoms with Crippen molar-refractivity contribution in [2.75, 3.05) is 18.2 Å². The highest BCUT2D eigenvalue weighted by atomic mass is 32.2. The molecule has 0 fully saturated rings. The number of benzene rings is 2. The maximum atomic E-state index is 12.4. The lowest BCUT2D eigenvalue weighted by Crippen LogP contribution is -2.19. The second-order valence-corrected chi connectivity index (χ2v) is 7.10. The van der Waals surface area contributed by atoms with Gasteiger partial charge in [-0.05, 0) is 19.1 Å². The molecule has 2 aromatic carbocycles. The third-order valence-corrected chi connectivity index (χ3v) is 5.38. The smallest absolute Gasteiger partial charge is 0.271 e. The summed E-state index contributed by atoms with van der Waals surface area (Å²) in [5.74, 6) is -0.00621. The lowest BCUT2D eigenvalue weighted by atomic mass is 10.2. The topological polar surface area (TPSA) is 103 Å². The van der Waals surface area contributed by atoms with Gasteiger partial charge >= 0.3 is 0 Å². The zero-order chi connectivity index (χ0) is 21.0. The number of ether oxygens (including phenoxy) is 1. The lowest BCUT2D eigenvalue weighted by molar-refractivity contribution is -0.384. The number of para-hydroxylation sites is 1. The van der Waals surface area contributed by atoms with Gasteiger partial charge in [0.05, 0.1) is 29.0 Å². The van der Waals surface area contributed by atoms with Crippen molar-refractivity contribution in [1.82, 2.24) is 4.57 Å². The maximum Gasteiger partial charge on any atom is 0.271 e.